The summed E-state index contributed by atoms with van der Waals surface area (Å²) in [6.45, 7) is 0. The van der Waals surface area contributed by atoms with Gasteiger partial charge in [0, 0.05) is 0 Å². The van der Waals surface area contributed by atoms with Crippen molar-refractivity contribution in [3.05, 3.63) is 44.7 Å². The Hall–Kier alpha value is 0.656. The van der Waals surface area contributed by atoms with Crippen LogP contribution in [0, 0.1) is 14.9 Å². The molecule has 0 radical (unpaired) electrons. The van der Waals surface area contributed by atoms with E-state index in [1.165, 1.54) is 18.4 Å². The second-order valence-corrected chi connectivity index (χ2v) is 3.05. The van der Waals surface area contributed by atoms with E-state index in [9.17, 15) is 0 Å². The molecule has 1 fully saturated rings. The van der Waals surface area contributed by atoms with Crippen LogP contribution in [-0.4, -0.2) is 7.11 Å². The fourth-order valence-corrected chi connectivity index (χ4v) is 1.31. The van der Waals surface area contributed by atoms with Crippen molar-refractivity contribution < 1.29 is 56.1 Å². The summed E-state index contributed by atoms with van der Waals surface area (Å²) in [7, 11) is 1.71. The average Bonchev–Trinajstić information content (AvgIpc) is 2.87. The minimum absolute atomic E-state index is 0. The van der Waals surface area contributed by atoms with E-state index in [0.29, 0.717) is 0 Å². The van der Waals surface area contributed by atoms with Crippen molar-refractivity contribution in [2.75, 3.05) is 7.11 Å². The van der Waals surface area contributed by atoms with Crippen LogP contribution in [0.5, 0.6) is 5.75 Å². The molecule has 0 spiro atoms. The quantitative estimate of drug-likeness (QED) is 0.517. The average molecular weight is 217 g/mol. The Kier molecular flexibility index (Phi) is 9.61. The summed E-state index contributed by atoms with van der Waals surface area (Å²) in [5, 5.41) is 0. The Labute approximate surface area is 131 Å². The molecule has 0 bridgehead atoms. The van der Waals surface area contributed by atoms with Crippen LogP contribution in [0.25, 0.3) is 0 Å². The maximum absolute atomic E-state index is 5.13. The van der Waals surface area contributed by atoms with Crippen LogP contribution < -0.4 is 56.1 Å². The molecule has 0 aliphatic heterocycles. The standard InChI is InChI=1S/C10H12O.2CH3.K/c1-11-10-4-2-3-9(7-10)8-5-6-8;;;/h2-4,7-8H,5-6H2,1H3;2*1H3;/q;2*-1;+1. The summed E-state index contributed by atoms with van der Waals surface area (Å²) in [5.41, 5.74) is 1.43. The molecule has 1 aliphatic carbocycles. The van der Waals surface area contributed by atoms with E-state index in [0.717, 1.165) is 11.7 Å². The van der Waals surface area contributed by atoms with Gasteiger partial charge in [-0.3, -0.25) is 0 Å². The third-order valence-electron chi connectivity index (χ3n) is 2.14. The summed E-state index contributed by atoms with van der Waals surface area (Å²) in [6, 6.07) is 8.37. The zero-order valence-corrected chi connectivity index (χ0v) is 12.8. The van der Waals surface area contributed by atoms with Crippen molar-refractivity contribution in [1.82, 2.24) is 0 Å². The van der Waals surface area contributed by atoms with E-state index in [4.69, 9.17) is 4.74 Å². The Balaban J connectivity index is 0. The third kappa shape index (κ3) is 4.45. The second-order valence-electron chi connectivity index (χ2n) is 3.05. The van der Waals surface area contributed by atoms with Gasteiger partial charge in [-0.1, -0.05) is 12.1 Å². The Morgan fingerprint density at radius 2 is 1.86 bits per heavy atom. The van der Waals surface area contributed by atoms with Crippen LogP contribution >= 0.6 is 0 Å². The minimum atomic E-state index is 0. The first kappa shape index (κ1) is 17.1. The fourth-order valence-electron chi connectivity index (χ4n) is 1.31. The van der Waals surface area contributed by atoms with Crippen molar-refractivity contribution in [2.24, 2.45) is 0 Å². The first-order chi connectivity index (χ1) is 5.40. The number of benzene rings is 1. The van der Waals surface area contributed by atoms with Crippen molar-refractivity contribution >= 4 is 0 Å². The van der Waals surface area contributed by atoms with E-state index in [1.807, 2.05) is 6.07 Å². The first-order valence-corrected chi connectivity index (χ1v) is 4.04. The molecule has 1 aromatic rings. The fraction of sp³-hybridized carbons (Fsp3) is 0.333. The molecule has 0 saturated heterocycles. The SMILES string of the molecule is COc1cccc(C2CC2)c1.[CH3-].[CH3-].[K+]. The smallest absolute Gasteiger partial charge is 0.497 e. The maximum atomic E-state index is 5.13. The summed E-state index contributed by atoms with van der Waals surface area (Å²) >= 11 is 0. The van der Waals surface area contributed by atoms with E-state index in [-0.39, 0.29) is 66.2 Å². The van der Waals surface area contributed by atoms with E-state index in [2.05, 4.69) is 18.2 Å². The molecule has 0 heterocycles. The van der Waals surface area contributed by atoms with Gasteiger partial charge >= 0.3 is 51.4 Å². The molecule has 2 heteroatoms. The Morgan fingerprint density at radius 3 is 2.36 bits per heavy atom. The predicted molar refractivity (Wildman–Crippen MR) is 57.8 cm³/mol. The minimum Gasteiger partial charge on any atom is -0.497 e. The van der Waals surface area contributed by atoms with E-state index >= 15 is 0 Å². The van der Waals surface area contributed by atoms with Crippen molar-refractivity contribution in [2.45, 2.75) is 18.8 Å². The van der Waals surface area contributed by atoms with Crippen LogP contribution in [0.3, 0.4) is 0 Å². The topological polar surface area (TPSA) is 9.23 Å². The summed E-state index contributed by atoms with van der Waals surface area (Å²) in [5.74, 6) is 1.81. The van der Waals surface area contributed by atoms with Gasteiger partial charge in [0.2, 0.25) is 0 Å². The van der Waals surface area contributed by atoms with E-state index < -0.39 is 0 Å². The Bertz CT molecular complexity index is 256. The van der Waals surface area contributed by atoms with Gasteiger partial charge in [-0.05, 0) is 36.5 Å². The van der Waals surface area contributed by atoms with Crippen LogP contribution in [0.4, 0.5) is 0 Å². The third-order valence-corrected chi connectivity index (χ3v) is 2.14. The number of hydrogen-bond donors (Lipinski definition) is 0. The normalized spacial score (nSPS) is 12.9. The molecule has 1 saturated carbocycles. The molecular weight excluding hydrogens is 199 g/mol. The number of hydrogen-bond acceptors (Lipinski definition) is 1. The number of rotatable bonds is 2. The van der Waals surface area contributed by atoms with Gasteiger partial charge in [0.15, 0.2) is 0 Å². The van der Waals surface area contributed by atoms with Crippen LogP contribution in [-0.2, 0) is 0 Å². The molecule has 1 nitrogen and oxygen atoms in total. The molecule has 0 N–H and O–H groups in total. The monoisotopic (exact) mass is 217 g/mol. The van der Waals surface area contributed by atoms with Gasteiger partial charge in [-0.2, -0.15) is 0 Å². The zero-order valence-electron chi connectivity index (χ0n) is 9.71. The van der Waals surface area contributed by atoms with Crippen LogP contribution in [0.1, 0.15) is 24.3 Å². The van der Waals surface area contributed by atoms with Crippen molar-refractivity contribution in [1.29, 1.82) is 0 Å². The predicted octanol–water partition coefficient (Wildman–Crippen LogP) is 0.477. The molecule has 1 aromatic carbocycles. The summed E-state index contributed by atoms with van der Waals surface area (Å²) in [6.07, 6.45) is 2.71. The molecule has 2 rings (SSSR count). The number of ether oxygens (including phenoxy) is 1. The van der Waals surface area contributed by atoms with Gasteiger partial charge < -0.3 is 19.6 Å². The van der Waals surface area contributed by atoms with Gasteiger partial charge in [-0.25, -0.2) is 0 Å². The second kappa shape index (κ2) is 7.88. The molecule has 0 aromatic heterocycles. The summed E-state index contributed by atoms with van der Waals surface area (Å²) < 4.78 is 5.13. The molecule has 14 heavy (non-hydrogen) atoms. The van der Waals surface area contributed by atoms with Gasteiger partial charge in [0.25, 0.3) is 0 Å². The zero-order chi connectivity index (χ0) is 7.68. The number of methoxy groups -OCH3 is 1. The summed E-state index contributed by atoms with van der Waals surface area (Å²) in [4.78, 5) is 0. The van der Waals surface area contributed by atoms with Crippen LogP contribution in [0.2, 0.25) is 0 Å². The molecule has 0 unspecified atom stereocenters. The van der Waals surface area contributed by atoms with Gasteiger partial charge in [0.1, 0.15) is 5.75 Å². The molecule has 74 valence electrons. The van der Waals surface area contributed by atoms with Crippen molar-refractivity contribution in [3.63, 3.8) is 0 Å². The molecular formula is C12H18KO-. The maximum Gasteiger partial charge on any atom is 1.00 e. The molecule has 0 atom stereocenters. The van der Waals surface area contributed by atoms with E-state index in [1.54, 1.807) is 7.11 Å². The van der Waals surface area contributed by atoms with Gasteiger partial charge in [-0.15, -0.1) is 0 Å². The molecule has 1 aliphatic rings. The first-order valence-electron chi connectivity index (χ1n) is 4.04. The molecule has 0 amide bonds. The largest absolute Gasteiger partial charge is 1.00 e. The Morgan fingerprint density at radius 1 is 1.21 bits per heavy atom. The van der Waals surface area contributed by atoms with Crippen LogP contribution in [0.15, 0.2) is 24.3 Å². The van der Waals surface area contributed by atoms with Crippen molar-refractivity contribution in [3.8, 4) is 5.75 Å². The van der Waals surface area contributed by atoms with Gasteiger partial charge in [0.05, 0.1) is 7.11 Å².